The topological polar surface area (TPSA) is 0 Å². The smallest absolute Gasteiger partial charge is 0.0353 e. The van der Waals surface area contributed by atoms with Crippen LogP contribution in [0.5, 0.6) is 0 Å². The summed E-state index contributed by atoms with van der Waals surface area (Å²) >= 11 is 4.70. The highest BCUT2D eigenvalue weighted by atomic mass is 32.1. The Morgan fingerprint density at radius 1 is 1.50 bits per heavy atom. The summed E-state index contributed by atoms with van der Waals surface area (Å²) in [6, 6.07) is 0. The minimum atomic E-state index is 0.157. The molecule has 0 unspecified atom stereocenters. The number of hydrogen-bond acceptors (Lipinski definition) is 1. The van der Waals surface area contributed by atoms with Gasteiger partial charge in [-0.3, -0.25) is 0 Å². The third kappa shape index (κ3) is 3.14. The van der Waals surface area contributed by atoms with Crippen LogP contribution in [0.25, 0.3) is 0 Å². The normalized spacial score (nSPS) is 11.4. The van der Waals surface area contributed by atoms with E-state index in [-0.39, 0.29) is 5.41 Å². The van der Waals surface area contributed by atoms with Gasteiger partial charge in [0.15, 0.2) is 0 Å². The van der Waals surface area contributed by atoms with Gasteiger partial charge in [0.25, 0.3) is 0 Å². The van der Waals surface area contributed by atoms with Crippen LogP contribution in [-0.4, -0.2) is 5.37 Å². The second-order valence-electron chi connectivity index (χ2n) is 2.74. The second-order valence-corrected chi connectivity index (χ2v) is 2.94. The molecule has 0 aromatic rings. The van der Waals surface area contributed by atoms with E-state index in [0.29, 0.717) is 0 Å². The van der Waals surface area contributed by atoms with Gasteiger partial charge in [0.2, 0.25) is 0 Å². The van der Waals surface area contributed by atoms with E-state index in [9.17, 15) is 0 Å². The van der Waals surface area contributed by atoms with Crippen LogP contribution < -0.4 is 0 Å². The molecular weight excluding hydrogens is 116 g/mol. The van der Waals surface area contributed by atoms with Crippen LogP contribution in [0.4, 0.5) is 0 Å². The molecule has 1 heteroatoms. The largest absolute Gasteiger partial charge is 0.0831 e. The molecule has 0 amide bonds. The standard InChI is InChI=1S/C7H13S/c1-4-5-7(2,3)6-8/h4-5H2,1-3H3. The van der Waals surface area contributed by atoms with Crippen molar-refractivity contribution < 1.29 is 0 Å². The van der Waals surface area contributed by atoms with Crippen LogP contribution in [0.1, 0.15) is 33.6 Å². The first-order valence-corrected chi connectivity index (χ1v) is 3.42. The quantitative estimate of drug-likeness (QED) is 0.528. The van der Waals surface area contributed by atoms with E-state index in [1.165, 1.54) is 6.42 Å². The number of thiocarbonyl (C=S) groups is 1. The van der Waals surface area contributed by atoms with Crippen molar-refractivity contribution in [3.05, 3.63) is 0 Å². The highest BCUT2D eigenvalue weighted by Crippen LogP contribution is 2.18. The minimum absolute atomic E-state index is 0.157. The summed E-state index contributed by atoms with van der Waals surface area (Å²) in [6.07, 6.45) is 2.34. The van der Waals surface area contributed by atoms with Crippen molar-refractivity contribution in [1.82, 2.24) is 0 Å². The Hall–Kier alpha value is 0.0900. The van der Waals surface area contributed by atoms with E-state index in [0.717, 1.165) is 6.42 Å². The summed E-state index contributed by atoms with van der Waals surface area (Å²) in [4.78, 5) is 0. The van der Waals surface area contributed by atoms with E-state index in [1.54, 1.807) is 0 Å². The summed E-state index contributed by atoms with van der Waals surface area (Å²) in [6.45, 7) is 6.39. The summed E-state index contributed by atoms with van der Waals surface area (Å²) in [5.41, 5.74) is 0.157. The second kappa shape index (κ2) is 3.18. The molecule has 0 rings (SSSR count). The molecule has 0 N–H and O–H groups in total. The average molecular weight is 129 g/mol. The lowest BCUT2D eigenvalue weighted by molar-refractivity contribution is 0.485. The fourth-order valence-electron chi connectivity index (χ4n) is 0.676. The lowest BCUT2D eigenvalue weighted by Gasteiger charge is -2.14. The van der Waals surface area contributed by atoms with E-state index < -0.39 is 0 Å². The maximum atomic E-state index is 4.70. The van der Waals surface area contributed by atoms with E-state index in [2.05, 4.69) is 26.1 Å². The fraction of sp³-hybridized carbons (Fsp3) is 0.857. The molecule has 1 radical (unpaired) electrons. The summed E-state index contributed by atoms with van der Waals surface area (Å²) < 4.78 is 0. The Kier molecular flexibility index (Phi) is 3.22. The molecule has 0 aliphatic rings. The van der Waals surface area contributed by atoms with Crippen molar-refractivity contribution in [2.75, 3.05) is 0 Å². The van der Waals surface area contributed by atoms with Crippen LogP contribution in [0.2, 0.25) is 0 Å². The number of rotatable bonds is 3. The zero-order chi connectivity index (χ0) is 6.62. The van der Waals surface area contributed by atoms with Gasteiger partial charge in [-0.15, -0.1) is 0 Å². The molecule has 0 bridgehead atoms. The maximum Gasteiger partial charge on any atom is 0.0353 e. The monoisotopic (exact) mass is 129 g/mol. The van der Waals surface area contributed by atoms with Gasteiger partial charge in [-0.05, 0) is 6.42 Å². The molecule has 0 aliphatic carbocycles. The molecule has 0 heterocycles. The van der Waals surface area contributed by atoms with Gasteiger partial charge in [0, 0.05) is 10.8 Å². The Bertz CT molecular complexity index is 74.5. The predicted molar refractivity (Wildman–Crippen MR) is 41.3 cm³/mol. The van der Waals surface area contributed by atoms with Gasteiger partial charge in [-0.2, -0.15) is 0 Å². The first kappa shape index (κ1) is 8.09. The molecule has 0 fully saturated rings. The zero-order valence-electron chi connectivity index (χ0n) is 5.82. The van der Waals surface area contributed by atoms with Crippen molar-refractivity contribution in [1.29, 1.82) is 0 Å². The lowest BCUT2D eigenvalue weighted by Crippen LogP contribution is -2.10. The van der Waals surface area contributed by atoms with Crippen molar-refractivity contribution >= 4 is 17.6 Å². The minimum Gasteiger partial charge on any atom is -0.0831 e. The van der Waals surface area contributed by atoms with Crippen LogP contribution in [0, 0.1) is 5.41 Å². The summed E-state index contributed by atoms with van der Waals surface area (Å²) in [5, 5.41) is 2.83. The van der Waals surface area contributed by atoms with Gasteiger partial charge in [0.1, 0.15) is 0 Å². The Labute approximate surface area is 57.3 Å². The van der Waals surface area contributed by atoms with Gasteiger partial charge in [0.05, 0.1) is 0 Å². The molecular formula is C7H13S. The van der Waals surface area contributed by atoms with Crippen LogP contribution in [0.15, 0.2) is 0 Å². The van der Waals surface area contributed by atoms with Crippen LogP contribution in [0.3, 0.4) is 0 Å². The SMILES string of the molecule is CCCC(C)(C)[C]=S. The highest BCUT2D eigenvalue weighted by molar-refractivity contribution is 7.79. The van der Waals surface area contributed by atoms with Gasteiger partial charge in [-0.1, -0.05) is 39.4 Å². The lowest BCUT2D eigenvalue weighted by atomic mass is 9.91. The predicted octanol–water partition coefficient (Wildman–Crippen LogP) is 2.69. The first-order valence-electron chi connectivity index (χ1n) is 3.01. The molecule has 0 saturated carbocycles. The van der Waals surface area contributed by atoms with Crippen LogP contribution >= 0.6 is 12.2 Å². The van der Waals surface area contributed by atoms with E-state index >= 15 is 0 Å². The zero-order valence-corrected chi connectivity index (χ0v) is 6.64. The fourth-order valence-corrected chi connectivity index (χ4v) is 0.778. The molecule has 0 aliphatic heterocycles. The highest BCUT2D eigenvalue weighted by Gasteiger charge is 2.11. The maximum absolute atomic E-state index is 4.70. The molecule has 0 nitrogen and oxygen atoms in total. The van der Waals surface area contributed by atoms with Gasteiger partial charge < -0.3 is 0 Å². The Balaban J connectivity index is 3.53. The average Bonchev–Trinajstić information content (AvgIpc) is 1.67. The van der Waals surface area contributed by atoms with E-state index in [4.69, 9.17) is 12.2 Å². The van der Waals surface area contributed by atoms with Crippen molar-refractivity contribution in [2.45, 2.75) is 33.6 Å². The molecule has 0 spiro atoms. The Morgan fingerprint density at radius 2 is 2.00 bits per heavy atom. The molecule has 0 aromatic heterocycles. The van der Waals surface area contributed by atoms with Crippen molar-refractivity contribution in [3.63, 3.8) is 0 Å². The summed E-state index contributed by atoms with van der Waals surface area (Å²) in [5.74, 6) is 0. The van der Waals surface area contributed by atoms with Gasteiger partial charge >= 0.3 is 0 Å². The van der Waals surface area contributed by atoms with E-state index in [1.807, 2.05) is 0 Å². The third-order valence-electron chi connectivity index (χ3n) is 1.15. The Morgan fingerprint density at radius 3 is 2.12 bits per heavy atom. The van der Waals surface area contributed by atoms with Crippen molar-refractivity contribution in [2.24, 2.45) is 5.41 Å². The first-order chi connectivity index (χ1) is 3.62. The van der Waals surface area contributed by atoms with Crippen LogP contribution in [-0.2, 0) is 0 Å². The molecule has 0 saturated heterocycles. The summed E-state index contributed by atoms with van der Waals surface area (Å²) in [7, 11) is 0. The number of hydrogen-bond donors (Lipinski definition) is 0. The molecule has 0 atom stereocenters. The third-order valence-corrected chi connectivity index (χ3v) is 1.70. The molecule has 0 aromatic carbocycles. The van der Waals surface area contributed by atoms with Crippen molar-refractivity contribution in [3.8, 4) is 0 Å². The molecule has 8 heavy (non-hydrogen) atoms. The molecule has 47 valence electrons. The van der Waals surface area contributed by atoms with Gasteiger partial charge in [-0.25, -0.2) is 0 Å².